The Bertz CT molecular complexity index is 607. The zero-order valence-corrected chi connectivity index (χ0v) is 16.0. The molecule has 0 bridgehead atoms. The number of piperidine rings is 1. The zero-order chi connectivity index (χ0) is 17.2. The van der Waals surface area contributed by atoms with Crippen LogP contribution < -0.4 is 5.32 Å². The minimum Gasteiger partial charge on any atom is -0.368 e. The van der Waals surface area contributed by atoms with Crippen LogP contribution in [0.15, 0.2) is 4.52 Å². The van der Waals surface area contributed by atoms with E-state index in [2.05, 4.69) is 27.4 Å². The molecular formula is C17H28ClN5O3. The van der Waals surface area contributed by atoms with Crippen molar-refractivity contribution in [2.24, 2.45) is 0 Å². The second-order valence-corrected chi connectivity index (χ2v) is 7.24. The van der Waals surface area contributed by atoms with Gasteiger partial charge in [-0.1, -0.05) is 5.16 Å². The molecule has 0 saturated carbocycles. The van der Waals surface area contributed by atoms with E-state index in [-0.39, 0.29) is 36.5 Å². The predicted molar refractivity (Wildman–Crippen MR) is 97.1 cm³/mol. The molecule has 4 heterocycles. The van der Waals surface area contributed by atoms with Crippen LogP contribution in [0.3, 0.4) is 0 Å². The number of rotatable bonds is 3. The maximum absolute atomic E-state index is 12.8. The number of amides is 1. The van der Waals surface area contributed by atoms with E-state index in [0.29, 0.717) is 18.3 Å². The maximum Gasteiger partial charge on any atom is 0.252 e. The summed E-state index contributed by atoms with van der Waals surface area (Å²) in [6.07, 6.45) is 4.44. The van der Waals surface area contributed by atoms with Crippen LogP contribution in [0.4, 0.5) is 0 Å². The molecule has 0 spiro atoms. The SMILES string of the molecule is CN1CCNCC1c1noc(C2CCCCN2C(=O)C2CCCO2)n1.Cl. The molecule has 3 fully saturated rings. The molecule has 3 unspecified atom stereocenters. The summed E-state index contributed by atoms with van der Waals surface area (Å²) in [5, 5.41) is 7.59. The van der Waals surface area contributed by atoms with Gasteiger partial charge in [-0.3, -0.25) is 9.69 Å². The number of carbonyl (C=O) groups excluding carboxylic acids is 1. The molecule has 1 aromatic heterocycles. The van der Waals surface area contributed by atoms with Gasteiger partial charge in [0.2, 0.25) is 5.89 Å². The average molecular weight is 386 g/mol. The lowest BCUT2D eigenvalue weighted by Gasteiger charge is -2.35. The van der Waals surface area contributed by atoms with E-state index < -0.39 is 0 Å². The third-order valence-electron chi connectivity index (χ3n) is 5.54. The van der Waals surface area contributed by atoms with Crippen molar-refractivity contribution in [3.8, 4) is 0 Å². The molecule has 3 aliphatic rings. The predicted octanol–water partition coefficient (Wildman–Crippen LogP) is 1.30. The summed E-state index contributed by atoms with van der Waals surface area (Å²) in [6.45, 7) is 4.18. The molecule has 3 atom stereocenters. The number of piperazine rings is 1. The van der Waals surface area contributed by atoms with E-state index in [1.165, 1.54) is 0 Å². The first kappa shape index (κ1) is 19.5. The normalized spacial score (nSPS) is 30.2. The number of nitrogens with zero attached hydrogens (tertiary/aromatic N) is 4. The Labute approximate surface area is 160 Å². The van der Waals surface area contributed by atoms with Crippen molar-refractivity contribution in [3.63, 3.8) is 0 Å². The lowest BCUT2D eigenvalue weighted by Crippen LogP contribution is -2.44. The van der Waals surface area contributed by atoms with Crippen LogP contribution >= 0.6 is 12.4 Å². The van der Waals surface area contributed by atoms with Crippen molar-refractivity contribution >= 4 is 18.3 Å². The number of carbonyl (C=O) groups is 1. The van der Waals surface area contributed by atoms with Crippen LogP contribution in [-0.2, 0) is 9.53 Å². The molecule has 146 valence electrons. The standard InChI is InChI=1S/C17H27N5O3.ClH/c1-21-9-7-18-11-13(21)15-19-16(25-20-15)12-5-2-3-8-22(12)17(23)14-6-4-10-24-14;/h12-14,18H,2-11H2,1H3;1H. The van der Waals surface area contributed by atoms with Crippen molar-refractivity contribution < 1.29 is 14.1 Å². The molecule has 0 radical (unpaired) electrons. The highest BCUT2D eigenvalue weighted by molar-refractivity contribution is 5.85. The zero-order valence-electron chi connectivity index (χ0n) is 15.2. The maximum atomic E-state index is 12.8. The topological polar surface area (TPSA) is 83.7 Å². The summed E-state index contributed by atoms with van der Waals surface area (Å²) < 4.78 is 11.2. The van der Waals surface area contributed by atoms with E-state index in [1.807, 2.05) is 4.90 Å². The third kappa shape index (κ3) is 3.88. The summed E-state index contributed by atoms with van der Waals surface area (Å²) >= 11 is 0. The van der Waals surface area contributed by atoms with Crippen molar-refractivity contribution in [2.45, 2.75) is 50.3 Å². The molecule has 0 aromatic carbocycles. The van der Waals surface area contributed by atoms with Gasteiger partial charge in [-0.25, -0.2) is 0 Å². The lowest BCUT2D eigenvalue weighted by molar-refractivity contribution is -0.145. The molecule has 1 amide bonds. The van der Waals surface area contributed by atoms with Crippen molar-refractivity contribution in [3.05, 3.63) is 11.7 Å². The Morgan fingerprint density at radius 2 is 2.08 bits per heavy atom. The number of hydrogen-bond acceptors (Lipinski definition) is 7. The van der Waals surface area contributed by atoms with Gasteiger partial charge in [0.25, 0.3) is 5.91 Å². The van der Waals surface area contributed by atoms with Crippen LogP contribution in [0, 0.1) is 0 Å². The van der Waals surface area contributed by atoms with E-state index in [1.54, 1.807) is 0 Å². The highest BCUT2D eigenvalue weighted by atomic mass is 35.5. The molecule has 0 aliphatic carbocycles. The van der Waals surface area contributed by atoms with Crippen LogP contribution in [0.25, 0.3) is 0 Å². The summed E-state index contributed by atoms with van der Waals surface area (Å²) in [7, 11) is 2.08. The van der Waals surface area contributed by atoms with Gasteiger partial charge >= 0.3 is 0 Å². The van der Waals surface area contributed by atoms with E-state index in [9.17, 15) is 4.79 Å². The van der Waals surface area contributed by atoms with Crippen LogP contribution in [-0.4, -0.2) is 71.8 Å². The van der Waals surface area contributed by atoms with Gasteiger partial charge in [0, 0.05) is 32.8 Å². The minimum atomic E-state index is -0.295. The molecule has 3 aliphatic heterocycles. The first-order valence-electron chi connectivity index (χ1n) is 9.40. The highest BCUT2D eigenvalue weighted by Gasteiger charge is 2.37. The monoisotopic (exact) mass is 385 g/mol. The number of likely N-dealkylation sites (tertiary alicyclic amines) is 1. The summed E-state index contributed by atoms with van der Waals surface area (Å²) in [6, 6.07) is 0.00529. The Balaban J connectivity index is 0.00000196. The number of nitrogens with one attached hydrogen (secondary N) is 1. The lowest BCUT2D eigenvalue weighted by atomic mass is 10.0. The number of ether oxygens (including phenoxy) is 1. The fraction of sp³-hybridized carbons (Fsp3) is 0.824. The molecular weight excluding hydrogens is 358 g/mol. The number of halogens is 1. The number of aromatic nitrogens is 2. The van der Waals surface area contributed by atoms with Crippen molar-refractivity contribution in [1.29, 1.82) is 0 Å². The second kappa shape index (κ2) is 8.65. The summed E-state index contributed by atoms with van der Waals surface area (Å²) in [5.74, 6) is 1.36. The number of hydrogen-bond donors (Lipinski definition) is 1. The summed E-state index contributed by atoms with van der Waals surface area (Å²) in [4.78, 5) is 21.7. The minimum absolute atomic E-state index is 0. The molecule has 4 rings (SSSR count). The van der Waals surface area contributed by atoms with Crippen molar-refractivity contribution in [2.75, 3.05) is 39.8 Å². The van der Waals surface area contributed by atoms with Gasteiger partial charge in [0.15, 0.2) is 5.82 Å². The molecule has 3 saturated heterocycles. The Kier molecular flexibility index (Phi) is 6.50. The van der Waals surface area contributed by atoms with Gasteiger partial charge in [0.1, 0.15) is 12.1 Å². The van der Waals surface area contributed by atoms with Gasteiger partial charge in [-0.05, 0) is 39.2 Å². The van der Waals surface area contributed by atoms with Gasteiger partial charge in [0.05, 0.1) is 6.04 Å². The van der Waals surface area contributed by atoms with Crippen LogP contribution in [0.1, 0.15) is 55.9 Å². The Morgan fingerprint density at radius 3 is 2.85 bits per heavy atom. The largest absolute Gasteiger partial charge is 0.368 e. The smallest absolute Gasteiger partial charge is 0.252 e. The first-order chi connectivity index (χ1) is 12.2. The molecule has 9 heteroatoms. The van der Waals surface area contributed by atoms with Crippen LogP contribution in [0.5, 0.6) is 0 Å². The molecule has 1 N–H and O–H groups in total. The van der Waals surface area contributed by atoms with Crippen LogP contribution in [0.2, 0.25) is 0 Å². The molecule has 26 heavy (non-hydrogen) atoms. The van der Waals surface area contributed by atoms with Gasteiger partial charge in [-0.2, -0.15) is 4.98 Å². The van der Waals surface area contributed by atoms with E-state index in [4.69, 9.17) is 9.26 Å². The Hall–Kier alpha value is -1.22. The quantitative estimate of drug-likeness (QED) is 0.839. The fourth-order valence-corrected chi connectivity index (χ4v) is 4.02. The van der Waals surface area contributed by atoms with Gasteiger partial charge < -0.3 is 19.5 Å². The highest BCUT2D eigenvalue weighted by Crippen LogP contribution is 2.32. The van der Waals surface area contributed by atoms with E-state index >= 15 is 0 Å². The first-order valence-corrected chi connectivity index (χ1v) is 9.40. The van der Waals surface area contributed by atoms with Gasteiger partial charge in [-0.15, -0.1) is 12.4 Å². The number of likely N-dealkylation sites (N-methyl/N-ethyl adjacent to an activating group) is 1. The van der Waals surface area contributed by atoms with E-state index in [0.717, 1.165) is 58.3 Å². The Morgan fingerprint density at radius 1 is 1.19 bits per heavy atom. The summed E-state index contributed by atoms with van der Waals surface area (Å²) in [5.41, 5.74) is 0. The second-order valence-electron chi connectivity index (χ2n) is 7.24. The molecule has 8 nitrogen and oxygen atoms in total. The fourth-order valence-electron chi connectivity index (χ4n) is 4.02. The van der Waals surface area contributed by atoms with Crippen molar-refractivity contribution in [1.82, 2.24) is 25.3 Å². The average Bonchev–Trinajstić information content (AvgIpc) is 3.34. The molecule has 1 aromatic rings. The third-order valence-corrected chi connectivity index (χ3v) is 5.54.